The maximum Gasteiger partial charge on any atom is 0.249 e. The predicted molar refractivity (Wildman–Crippen MR) is 50.9 cm³/mol. The van der Waals surface area contributed by atoms with Crippen LogP contribution in [0.25, 0.3) is 0 Å². The molecular formula is C10H16N2O2. The summed E-state index contributed by atoms with van der Waals surface area (Å²) < 4.78 is 5.40. The molecule has 1 spiro atoms. The summed E-state index contributed by atoms with van der Waals surface area (Å²) in [6, 6.07) is 0.520. The number of carbonyl (C=O) groups is 1. The van der Waals surface area contributed by atoms with Crippen LogP contribution < -0.4 is 5.32 Å². The second-order valence-electron chi connectivity index (χ2n) is 4.64. The smallest absolute Gasteiger partial charge is 0.249 e. The summed E-state index contributed by atoms with van der Waals surface area (Å²) in [6.45, 7) is 2.94. The van der Waals surface area contributed by atoms with Crippen molar-refractivity contribution in [3.05, 3.63) is 0 Å². The van der Waals surface area contributed by atoms with Crippen molar-refractivity contribution in [3.63, 3.8) is 0 Å². The summed E-state index contributed by atoms with van der Waals surface area (Å²) in [4.78, 5) is 13.9. The largest absolute Gasteiger partial charge is 0.369 e. The van der Waals surface area contributed by atoms with Gasteiger partial charge in [-0.2, -0.15) is 0 Å². The molecular weight excluding hydrogens is 180 g/mol. The molecule has 1 aliphatic carbocycles. The van der Waals surface area contributed by atoms with Gasteiger partial charge in [0.05, 0.1) is 12.1 Å². The molecule has 4 nitrogen and oxygen atoms in total. The summed E-state index contributed by atoms with van der Waals surface area (Å²) in [5, 5.41) is 3.34. The van der Waals surface area contributed by atoms with Crippen LogP contribution in [0.1, 0.15) is 19.3 Å². The van der Waals surface area contributed by atoms with Crippen molar-refractivity contribution in [3.8, 4) is 0 Å². The van der Waals surface area contributed by atoms with Crippen molar-refractivity contribution >= 4 is 5.91 Å². The highest BCUT2D eigenvalue weighted by Gasteiger charge is 2.50. The molecule has 3 fully saturated rings. The second kappa shape index (κ2) is 2.94. The molecule has 3 rings (SSSR count). The number of morpholine rings is 1. The van der Waals surface area contributed by atoms with Crippen molar-refractivity contribution < 1.29 is 9.53 Å². The number of hydrogen-bond donors (Lipinski definition) is 1. The summed E-state index contributed by atoms with van der Waals surface area (Å²) >= 11 is 0. The fraction of sp³-hybridized carbons (Fsp3) is 0.900. The van der Waals surface area contributed by atoms with Gasteiger partial charge in [-0.05, 0) is 25.8 Å². The molecule has 1 atom stereocenters. The van der Waals surface area contributed by atoms with Crippen molar-refractivity contribution in [2.24, 2.45) is 0 Å². The molecule has 1 amide bonds. The van der Waals surface area contributed by atoms with Gasteiger partial charge in [-0.1, -0.05) is 0 Å². The van der Waals surface area contributed by atoms with Crippen LogP contribution in [0.15, 0.2) is 0 Å². The number of hydrogen-bond acceptors (Lipinski definition) is 3. The lowest BCUT2D eigenvalue weighted by molar-refractivity contribution is -0.157. The Morgan fingerprint density at radius 1 is 1.50 bits per heavy atom. The molecule has 2 heterocycles. The molecule has 3 aliphatic rings. The Bertz CT molecular complexity index is 257. The van der Waals surface area contributed by atoms with E-state index in [1.807, 2.05) is 0 Å². The van der Waals surface area contributed by atoms with E-state index in [0.717, 1.165) is 26.1 Å². The molecule has 0 radical (unpaired) electrons. The van der Waals surface area contributed by atoms with Crippen molar-refractivity contribution in [1.82, 2.24) is 10.2 Å². The van der Waals surface area contributed by atoms with Crippen LogP contribution in [0, 0.1) is 0 Å². The quantitative estimate of drug-likeness (QED) is 0.628. The van der Waals surface area contributed by atoms with E-state index in [-0.39, 0.29) is 18.1 Å². The van der Waals surface area contributed by atoms with Crippen molar-refractivity contribution in [2.75, 3.05) is 26.3 Å². The van der Waals surface area contributed by atoms with Crippen LogP contribution in [0.3, 0.4) is 0 Å². The highest BCUT2D eigenvalue weighted by molar-refractivity contribution is 5.80. The molecule has 0 bridgehead atoms. The normalized spacial score (nSPS) is 38.3. The van der Waals surface area contributed by atoms with Crippen LogP contribution in [0.4, 0.5) is 0 Å². The zero-order valence-electron chi connectivity index (χ0n) is 8.29. The molecule has 14 heavy (non-hydrogen) atoms. The van der Waals surface area contributed by atoms with Crippen LogP contribution in [0.2, 0.25) is 0 Å². The highest BCUT2D eigenvalue weighted by Crippen LogP contribution is 2.37. The Morgan fingerprint density at radius 2 is 2.36 bits per heavy atom. The Hall–Kier alpha value is -0.610. The highest BCUT2D eigenvalue weighted by atomic mass is 16.5. The van der Waals surface area contributed by atoms with Gasteiger partial charge in [0.2, 0.25) is 5.91 Å². The van der Waals surface area contributed by atoms with E-state index in [1.165, 1.54) is 12.8 Å². The van der Waals surface area contributed by atoms with E-state index >= 15 is 0 Å². The summed E-state index contributed by atoms with van der Waals surface area (Å²) in [6.07, 6.45) is 3.43. The topological polar surface area (TPSA) is 41.6 Å². The van der Waals surface area contributed by atoms with Crippen molar-refractivity contribution in [2.45, 2.75) is 30.8 Å². The van der Waals surface area contributed by atoms with E-state index in [0.29, 0.717) is 6.04 Å². The molecule has 78 valence electrons. The molecule has 1 N–H and O–H groups in total. The number of rotatable bonds is 1. The van der Waals surface area contributed by atoms with Crippen LogP contribution in [-0.2, 0) is 9.53 Å². The zero-order valence-corrected chi connectivity index (χ0v) is 8.29. The minimum absolute atomic E-state index is 0.00347. The zero-order chi connectivity index (χ0) is 9.60. The summed E-state index contributed by atoms with van der Waals surface area (Å²) in [5.41, 5.74) is -0.00347. The minimum Gasteiger partial charge on any atom is -0.369 e. The first-order valence-electron chi connectivity index (χ1n) is 5.42. The molecule has 2 aliphatic heterocycles. The molecule has 1 saturated carbocycles. The average molecular weight is 196 g/mol. The van der Waals surface area contributed by atoms with E-state index in [1.54, 1.807) is 0 Å². The molecule has 4 heteroatoms. The summed E-state index contributed by atoms with van der Waals surface area (Å²) in [7, 11) is 0. The second-order valence-corrected chi connectivity index (χ2v) is 4.64. The van der Waals surface area contributed by atoms with Crippen LogP contribution in [0.5, 0.6) is 0 Å². The fourth-order valence-corrected chi connectivity index (χ4v) is 2.71. The standard InChI is InChI=1S/C10H16N2O2/c13-9-5-14-7-10(3-4-11-6-10)12(9)8-1-2-8/h8,11H,1-7H2. The monoisotopic (exact) mass is 196 g/mol. The van der Waals surface area contributed by atoms with Gasteiger partial charge >= 0.3 is 0 Å². The summed E-state index contributed by atoms with van der Waals surface area (Å²) in [5.74, 6) is 0.197. The average Bonchev–Trinajstić information content (AvgIpc) is 2.88. The molecule has 0 aromatic carbocycles. The van der Waals surface area contributed by atoms with Gasteiger partial charge in [0, 0.05) is 12.6 Å². The minimum atomic E-state index is -0.00347. The SMILES string of the molecule is O=C1COCC2(CCNC2)N1C1CC1. The first kappa shape index (κ1) is 8.68. The maximum atomic E-state index is 11.8. The Balaban J connectivity index is 1.88. The van der Waals surface area contributed by atoms with E-state index in [9.17, 15) is 4.79 Å². The number of carbonyl (C=O) groups excluding carboxylic acids is 1. The Morgan fingerprint density at radius 3 is 3.00 bits per heavy atom. The maximum absolute atomic E-state index is 11.8. The van der Waals surface area contributed by atoms with Crippen molar-refractivity contribution in [1.29, 1.82) is 0 Å². The van der Waals surface area contributed by atoms with Gasteiger partial charge < -0.3 is 15.0 Å². The molecule has 0 aromatic rings. The van der Waals surface area contributed by atoms with Gasteiger partial charge in [0.25, 0.3) is 0 Å². The fourth-order valence-electron chi connectivity index (χ4n) is 2.71. The number of amides is 1. The number of ether oxygens (including phenoxy) is 1. The lowest BCUT2D eigenvalue weighted by Gasteiger charge is -2.44. The van der Waals surface area contributed by atoms with Gasteiger partial charge in [-0.3, -0.25) is 4.79 Å². The third-order valence-electron chi connectivity index (χ3n) is 3.51. The molecule has 2 saturated heterocycles. The first-order chi connectivity index (χ1) is 6.82. The Labute approximate surface area is 83.6 Å². The van der Waals surface area contributed by atoms with E-state index < -0.39 is 0 Å². The number of nitrogens with one attached hydrogen (secondary N) is 1. The number of nitrogens with zero attached hydrogens (tertiary/aromatic N) is 1. The van der Waals surface area contributed by atoms with Gasteiger partial charge in [0.15, 0.2) is 0 Å². The van der Waals surface area contributed by atoms with Gasteiger partial charge in [-0.15, -0.1) is 0 Å². The molecule has 0 aromatic heterocycles. The predicted octanol–water partition coefficient (Wildman–Crippen LogP) is -0.260. The van der Waals surface area contributed by atoms with E-state index in [2.05, 4.69) is 10.2 Å². The Kier molecular flexibility index (Phi) is 1.82. The van der Waals surface area contributed by atoms with Gasteiger partial charge in [-0.25, -0.2) is 0 Å². The van der Waals surface area contributed by atoms with Crippen LogP contribution in [-0.4, -0.2) is 48.7 Å². The van der Waals surface area contributed by atoms with Crippen LogP contribution >= 0.6 is 0 Å². The third-order valence-corrected chi connectivity index (χ3v) is 3.51. The molecule has 1 unspecified atom stereocenters. The lowest BCUT2D eigenvalue weighted by Crippen LogP contribution is -2.61. The van der Waals surface area contributed by atoms with E-state index in [4.69, 9.17) is 4.74 Å². The third kappa shape index (κ3) is 1.17. The lowest BCUT2D eigenvalue weighted by atomic mass is 9.95. The first-order valence-corrected chi connectivity index (χ1v) is 5.42. The van der Waals surface area contributed by atoms with Gasteiger partial charge in [0.1, 0.15) is 6.61 Å².